The van der Waals surface area contributed by atoms with Crippen LogP contribution in [0, 0.1) is 12.3 Å². The summed E-state index contributed by atoms with van der Waals surface area (Å²) >= 11 is 0. The van der Waals surface area contributed by atoms with E-state index in [1.54, 1.807) is 25.4 Å². The minimum absolute atomic E-state index is 0.00936. The zero-order chi connectivity index (χ0) is 24.5. The molecule has 2 aromatic heterocycles. The van der Waals surface area contributed by atoms with Crippen LogP contribution in [-0.4, -0.2) is 58.8 Å². The molecule has 6 nitrogen and oxygen atoms in total. The average molecular weight is 474 g/mol. The van der Waals surface area contributed by atoms with Crippen LogP contribution >= 0.6 is 0 Å². The van der Waals surface area contributed by atoms with Crippen molar-refractivity contribution < 1.29 is 18.0 Å². The van der Waals surface area contributed by atoms with Crippen molar-refractivity contribution in [2.45, 2.75) is 50.7 Å². The smallest absolute Gasteiger partial charge is 0.355 e. The van der Waals surface area contributed by atoms with E-state index < -0.39 is 17.5 Å². The second-order valence-electron chi connectivity index (χ2n) is 9.62. The van der Waals surface area contributed by atoms with Crippen LogP contribution in [0.25, 0.3) is 10.9 Å². The standard InChI is InChI=1S/C25H30F3N5O/c1-16-8-18(13-29-12-16)21(24(6-7-24)25(26,27)28)11-23(34)30-15-20(33(2)3)10-17-4-5-22-19(9-17)14-31-32-22/h4-5,8-9,12-14,20-21H,6-7,10-11,15H2,1-3H3,(H,30,34)(H,31,32)/t20-,21?/m0/s1. The van der Waals surface area contributed by atoms with E-state index in [-0.39, 0.29) is 31.2 Å². The second-order valence-corrected chi connectivity index (χ2v) is 9.62. The van der Waals surface area contributed by atoms with Crippen LogP contribution in [0.3, 0.4) is 0 Å². The molecule has 1 aliphatic rings. The fourth-order valence-electron chi connectivity index (χ4n) is 4.68. The molecule has 0 aliphatic heterocycles. The van der Waals surface area contributed by atoms with Crippen molar-refractivity contribution in [1.82, 2.24) is 25.4 Å². The lowest BCUT2D eigenvalue weighted by Gasteiger charge is -2.30. The van der Waals surface area contributed by atoms with Gasteiger partial charge >= 0.3 is 6.18 Å². The Bertz CT molecular complexity index is 1150. The summed E-state index contributed by atoms with van der Waals surface area (Å²) in [6, 6.07) is 7.74. The number of hydrogen-bond donors (Lipinski definition) is 2. The van der Waals surface area contributed by atoms with Gasteiger partial charge in [-0.1, -0.05) is 12.1 Å². The van der Waals surface area contributed by atoms with E-state index in [4.69, 9.17) is 0 Å². The average Bonchev–Trinajstić information content (AvgIpc) is 3.46. The number of halogens is 3. The molecule has 0 radical (unpaired) electrons. The predicted molar refractivity (Wildman–Crippen MR) is 124 cm³/mol. The van der Waals surface area contributed by atoms with Crippen LogP contribution in [-0.2, 0) is 11.2 Å². The number of H-pyrrole nitrogens is 1. The lowest BCUT2D eigenvalue weighted by Crippen LogP contribution is -2.42. The molecule has 1 aromatic carbocycles. The van der Waals surface area contributed by atoms with Crippen molar-refractivity contribution in [3.63, 3.8) is 0 Å². The third kappa shape index (κ3) is 5.09. The molecule has 1 unspecified atom stereocenters. The molecular formula is C25H30F3N5O. The number of aromatic amines is 1. The minimum atomic E-state index is -4.36. The molecule has 3 aromatic rings. The van der Waals surface area contributed by atoms with Gasteiger partial charge in [-0.25, -0.2) is 0 Å². The molecule has 1 aliphatic carbocycles. The summed E-state index contributed by atoms with van der Waals surface area (Å²) in [6.07, 6.45) is 1.03. The first-order chi connectivity index (χ1) is 16.1. The molecule has 0 saturated heterocycles. The number of nitrogens with one attached hydrogen (secondary N) is 2. The van der Waals surface area contributed by atoms with Gasteiger partial charge in [-0.15, -0.1) is 0 Å². The van der Waals surface area contributed by atoms with Gasteiger partial charge in [0.15, 0.2) is 0 Å². The molecule has 0 spiro atoms. The molecule has 1 fully saturated rings. The Kier molecular flexibility index (Phi) is 6.66. The van der Waals surface area contributed by atoms with Crippen LogP contribution in [0.5, 0.6) is 0 Å². The first-order valence-electron chi connectivity index (χ1n) is 11.4. The molecule has 0 bridgehead atoms. The Morgan fingerprint density at radius 2 is 1.97 bits per heavy atom. The number of fused-ring (bicyclic) bond motifs is 1. The molecule has 4 rings (SSSR count). The summed E-state index contributed by atoms with van der Waals surface area (Å²) in [5, 5.41) is 10.9. The first kappa shape index (κ1) is 24.2. The predicted octanol–water partition coefficient (Wildman–Crippen LogP) is 4.37. The summed E-state index contributed by atoms with van der Waals surface area (Å²) < 4.78 is 41.9. The number of pyridine rings is 1. The van der Waals surface area contributed by atoms with Gasteiger partial charge in [-0.3, -0.25) is 14.9 Å². The highest BCUT2D eigenvalue weighted by atomic mass is 19.4. The minimum Gasteiger partial charge on any atom is -0.355 e. The number of alkyl halides is 3. The van der Waals surface area contributed by atoms with E-state index in [9.17, 15) is 18.0 Å². The van der Waals surface area contributed by atoms with Crippen molar-refractivity contribution in [3.8, 4) is 0 Å². The Morgan fingerprint density at radius 1 is 1.21 bits per heavy atom. The van der Waals surface area contributed by atoms with E-state index in [0.717, 1.165) is 22.0 Å². The summed E-state index contributed by atoms with van der Waals surface area (Å²) in [6.45, 7) is 2.14. The molecule has 1 saturated carbocycles. The van der Waals surface area contributed by atoms with Gasteiger partial charge in [-0.2, -0.15) is 18.3 Å². The Hall–Kier alpha value is -2.94. The number of aromatic nitrogens is 3. The lowest BCUT2D eigenvalue weighted by molar-refractivity contribution is -0.194. The monoisotopic (exact) mass is 473 g/mol. The number of carbonyl (C=O) groups excluding carboxylic acids is 1. The lowest BCUT2D eigenvalue weighted by atomic mass is 9.80. The summed E-state index contributed by atoms with van der Waals surface area (Å²) in [7, 11) is 3.86. The SMILES string of the molecule is Cc1cncc(C(CC(=O)NC[C@H](Cc2ccc3[nH]ncc3c2)N(C)C)C2(C(F)(F)F)CC2)c1. The molecule has 34 heavy (non-hydrogen) atoms. The van der Waals surface area contributed by atoms with Crippen LogP contribution in [0.1, 0.15) is 41.9 Å². The molecular weight excluding hydrogens is 443 g/mol. The van der Waals surface area contributed by atoms with Gasteiger partial charge in [0.1, 0.15) is 0 Å². The Balaban J connectivity index is 1.45. The number of rotatable bonds is 9. The normalized spacial score (nSPS) is 17.0. The number of hydrogen-bond acceptors (Lipinski definition) is 4. The highest BCUT2D eigenvalue weighted by Crippen LogP contribution is 2.66. The molecule has 2 heterocycles. The quantitative estimate of drug-likeness (QED) is 0.484. The summed E-state index contributed by atoms with van der Waals surface area (Å²) in [5.74, 6) is -1.32. The van der Waals surface area contributed by atoms with E-state index in [2.05, 4.69) is 26.6 Å². The fourth-order valence-corrected chi connectivity index (χ4v) is 4.68. The fraction of sp³-hybridized carbons (Fsp3) is 0.480. The van der Waals surface area contributed by atoms with Crippen molar-refractivity contribution in [2.75, 3.05) is 20.6 Å². The third-order valence-electron chi connectivity index (χ3n) is 6.95. The summed E-state index contributed by atoms with van der Waals surface area (Å²) in [5.41, 5.74) is 1.46. The van der Waals surface area contributed by atoms with Crippen LogP contribution < -0.4 is 5.32 Å². The van der Waals surface area contributed by atoms with Gasteiger partial charge < -0.3 is 10.2 Å². The van der Waals surface area contributed by atoms with Crippen molar-refractivity contribution in [1.29, 1.82) is 0 Å². The van der Waals surface area contributed by atoms with Crippen molar-refractivity contribution in [2.24, 2.45) is 5.41 Å². The molecule has 9 heteroatoms. The van der Waals surface area contributed by atoms with Crippen LogP contribution in [0.2, 0.25) is 0 Å². The zero-order valence-corrected chi connectivity index (χ0v) is 19.6. The molecule has 1 amide bonds. The number of carbonyl (C=O) groups is 1. The Labute approximate surface area is 196 Å². The number of aryl methyl sites for hydroxylation is 1. The van der Waals surface area contributed by atoms with E-state index in [0.29, 0.717) is 18.5 Å². The highest BCUT2D eigenvalue weighted by molar-refractivity contribution is 5.78. The number of nitrogens with zero attached hydrogens (tertiary/aromatic N) is 3. The van der Waals surface area contributed by atoms with Crippen molar-refractivity contribution >= 4 is 16.8 Å². The van der Waals surface area contributed by atoms with Gasteiger partial charge in [0, 0.05) is 42.7 Å². The third-order valence-corrected chi connectivity index (χ3v) is 6.95. The highest BCUT2D eigenvalue weighted by Gasteiger charge is 2.67. The first-order valence-corrected chi connectivity index (χ1v) is 11.4. The maximum absolute atomic E-state index is 14.0. The maximum Gasteiger partial charge on any atom is 0.395 e. The number of amides is 1. The van der Waals surface area contributed by atoms with Crippen molar-refractivity contribution in [3.05, 3.63) is 59.5 Å². The summed E-state index contributed by atoms with van der Waals surface area (Å²) in [4.78, 5) is 19.0. The topological polar surface area (TPSA) is 73.9 Å². The number of likely N-dealkylation sites (N-methyl/N-ethyl adjacent to an activating group) is 1. The largest absolute Gasteiger partial charge is 0.395 e. The Morgan fingerprint density at radius 3 is 2.62 bits per heavy atom. The van der Waals surface area contributed by atoms with Crippen LogP contribution in [0.4, 0.5) is 13.2 Å². The number of benzene rings is 1. The van der Waals surface area contributed by atoms with E-state index >= 15 is 0 Å². The molecule has 2 atom stereocenters. The van der Waals surface area contributed by atoms with Gasteiger partial charge in [0.25, 0.3) is 0 Å². The van der Waals surface area contributed by atoms with E-state index in [1.165, 1.54) is 6.20 Å². The van der Waals surface area contributed by atoms with Crippen LogP contribution in [0.15, 0.2) is 42.9 Å². The van der Waals surface area contributed by atoms with E-state index in [1.807, 2.05) is 31.1 Å². The molecule has 2 N–H and O–H groups in total. The molecule has 182 valence electrons. The van der Waals surface area contributed by atoms with Gasteiger partial charge in [0.05, 0.1) is 17.1 Å². The van der Waals surface area contributed by atoms with Gasteiger partial charge in [-0.05, 0) is 69.1 Å². The zero-order valence-electron chi connectivity index (χ0n) is 19.6. The second kappa shape index (κ2) is 9.37. The maximum atomic E-state index is 14.0. The van der Waals surface area contributed by atoms with Gasteiger partial charge in [0.2, 0.25) is 5.91 Å².